The van der Waals surface area contributed by atoms with E-state index in [0.717, 1.165) is 21.2 Å². The molecule has 0 aliphatic rings. The third-order valence-corrected chi connectivity index (χ3v) is 4.92. The van der Waals surface area contributed by atoms with E-state index in [4.69, 9.17) is 9.15 Å². The van der Waals surface area contributed by atoms with Crippen LogP contribution < -0.4 is 10.1 Å². The molecule has 5 nitrogen and oxygen atoms in total. The number of anilines is 1. The maximum Gasteiger partial charge on any atom is 0.293 e. The molecule has 0 aliphatic carbocycles. The Morgan fingerprint density at radius 3 is 2.88 bits per heavy atom. The van der Waals surface area contributed by atoms with Gasteiger partial charge in [0.1, 0.15) is 0 Å². The third-order valence-electron chi connectivity index (χ3n) is 4.00. The molecule has 0 bridgehead atoms. The van der Waals surface area contributed by atoms with E-state index >= 15 is 0 Å². The molecule has 0 saturated heterocycles. The first-order chi connectivity index (χ1) is 12.0. The number of hydrogen-bond acceptors (Lipinski definition) is 5. The van der Waals surface area contributed by atoms with Gasteiger partial charge in [-0.05, 0) is 43.2 Å². The van der Waals surface area contributed by atoms with Gasteiger partial charge in [0.05, 0.1) is 17.3 Å². The number of methoxy groups -OCH3 is 1. The van der Waals surface area contributed by atoms with Crippen LogP contribution in [0.1, 0.15) is 21.7 Å². The Morgan fingerprint density at radius 1 is 1.24 bits per heavy atom. The number of amides is 1. The van der Waals surface area contributed by atoms with Crippen molar-refractivity contribution in [3.8, 4) is 5.75 Å². The number of nitrogens with zero attached hydrogens (tertiary/aromatic N) is 1. The van der Waals surface area contributed by atoms with Crippen LogP contribution in [-0.2, 0) is 0 Å². The van der Waals surface area contributed by atoms with Crippen LogP contribution in [0.4, 0.5) is 5.13 Å². The summed E-state index contributed by atoms with van der Waals surface area (Å²) in [6.45, 7) is 4.07. The topological polar surface area (TPSA) is 64.4 Å². The summed E-state index contributed by atoms with van der Waals surface area (Å²) in [4.78, 5) is 17.1. The second kappa shape index (κ2) is 5.89. The molecule has 0 radical (unpaired) electrons. The van der Waals surface area contributed by atoms with Crippen molar-refractivity contribution < 1.29 is 13.9 Å². The number of nitrogens with one attached hydrogen (secondary N) is 1. The van der Waals surface area contributed by atoms with Gasteiger partial charge in [0.25, 0.3) is 5.91 Å². The van der Waals surface area contributed by atoms with E-state index < -0.39 is 0 Å². The van der Waals surface area contributed by atoms with Gasteiger partial charge >= 0.3 is 0 Å². The highest BCUT2D eigenvalue weighted by Gasteiger charge is 2.17. The van der Waals surface area contributed by atoms with Crippen molar-refractivity contribution in [3.05, 3.63) is 53.3 Å². The minimum atomic E-state index is -0.327. The number of fused-ring (bicyclic) bond motifs is 2. The molecular formula is C19H16N2O3S. The van der Waals surface area contributed by atoms with E-state index in [9.17, 15) is 4.79 Å². The summed E-state index contributed by atoms with van der Waals surface area (Å²) in [5.41, 5.74) is 3.75. The van der Waals surface area contributed by atoms with Crippen LogP contribution in [-0.4, -0.2) is 18.0 Å². The van der Waals surface area contributed by atoms with Crippen molar-refractivity contribution in [3.63, 3.8) is 0 Å². The van der Waals surface area contributed by atoms with Gasteiger partial charge in [0.2, 0.25) is 0 Å². The van der Waals surface area contributed by atoms with Gasteiger partial charge in [-0.15, -0.1) is 0 Å². The standard InChI is InChI=1S/C19H16N2O3S/c1-10-7-11(2)16-15(8-10)25-19(20-16)21-18(22)14-9-12-5-4-6-13(23-3)17(12)24-14/h4-9H,1-3H3,(H,20,21,22). The number of carbonyl (C=O) groups is 1. The summed E-state index contributed by atoms with van der Waals surface area (Å²) in [6, 6.07) is 11.4. The van der Waals surface area contributed by atoms with Crippen molar-refractivity contribution in [1.82, 2.24) is 4.98 Å². The highest BCUT2D eigenvalue weighted by molar-refractivity contribution is 7.22. The molecule has 1 N–H and O–H groups in total. The Labute approximate surface area is 148 Å². The molecule has 0 saturated carbocycles. The molecule has 126 valence electrons. The maximum atomic E-state index is 12.5. The van der Waals surface area contributed by atoms with E-state index in [2.05, 4.69) is 22.4 Å². The highest BCUT2D eigenvalue weighted by Crippen LogP contribution is 2.31. The molecule has 4 rings (SSSR count). The Bertz CT molecular complexity index is 1110. The molecule has 2 heterocycles. The molecule has 0 fully saturated rings. The summed E-state index contributed by atoms with van der Waals surface area (Å²) in [6.07, 6.45) is 0. The first-order valence-electron chi connectivity index (χ1n) is 7.81. The number of carbonyl (C=O) groups excluding carboxylic acids is 1. The Balaban J connectivity index is 1.67. The second-order valence-corrected chi connectivity index (χ2v) is 6.92. The molecule has 1 amide bonds. The third kappa shape index (κ3) is 2.74. The molecule has 0 spiro atoms. The molecule has 4 aromatic rings. The van der Waals surface area contributed by atoms with Gasteiger partial charge in [-0.3, -0.25) is 10.1 Å². The number of benzene rings is 2. The monoisotopic (exact) mass is 352 g/mol. The molecule has 0 atom stereocenters. The van der Waals surface area contributed by atoms with Crippen LogP contribution in [0.25, 0.3) is 21.2 Å². The van der Waals surface area contributed by atoms with Crippen LogP contribution in [0, 0.1) is 13.8 Å². The lowest BCUT2D eigenvalue weighted by molar-refractivity contribution is 0.0998. The molecule has 0 unspecified atom stereocenters. The number of furan rings is 1. The van der Waals surface area contributed by atoms with Crippen molar-refractivity contribution in [2.75, 3.05) is 12.4 Å². The van der Waals surface area contributed by atoms with Crippen molar-refractivity contribution in [2.45, 2.75) is 13.8 Å². The number of thiazole rings is 1. The molecule has 2 aromatic carbocycles. The number of hydrogen-bond donors (Lipinski definition) is 1. The first-order valence-corrected chi connectivity index (χ1v) is 8.62. The minimum absolute atomic E-state index is 0.228. The van der Waals surface area contributed by atoms with Gasteiger partial charge in [0, 0.05) is 5.39 Å². The van der Waals surface area contributed by atoms with Crippen LogP contribution in [0.2, 0.25) is 0 Å². The van der Waals surface area contributed by atoms with Crippen molar-refractivity contribution in [2.24, 2.45) is 0 Å². The van der Waals surface area contributed by atoms with Gasteiger partial charge in [-0.2, -0.15) is 0 Å². The zero-order valence-corrected chi connectivity index (χ0v) is 14.9. The fourth-order valence-electron chi connectivity index (χ4n) is 2.89. The lowest BCUT2D eigenvalue weighted by atomic mass is 10.1. The van der Waals surface area contributed by atoms with Gasteiger partial charge < -0.3 is 9.15 Å². The average Bonchev–Trinajstić information content (AvgIpc) is 3.18. The Kier molecular flexibility index (Phi) is 3.69. The Morgan fingerprint density at radius 2 is 2.08 bits per heavy atom. The minimum Gasteiger partial charge on any atom is -0.493 e. The number of aryl methyl sites for hydroxylation is 2. The molecule has 2 aromatic heterocycles. The molecular weight excluding hydrogens is 336 g/mol. The van der Waals surface area contributed by atoms with E-state index in [1.807, 2.05) is 26.0 Å². The van der Waals surface area contributed by atoms with Crippen LogP contribution in [0.5, 0.6) is 5.75 Å². The van der Waals surface area contributed by atoms with E-state index in [1.165, 1.54) is 16.9 Å². The molecule has 6 heteroatoms. The fraction of sp³-hybridized carbons (Fsp3) is 0.158. The molecule has 25 heavy (non-hydrogen) atoms. The van der Waals surface area contributed by atoms with Gasteiger partial charge in [-0.25, -0.2) is 4.98 Å². The van der Waals surface area contributed by atoms with Crippen molar-refractivity contribution in [1.29, 1.82) is 0 Å². The SMILES string of the molecule is COc1cccc2cc(C(=O)Nc3nc4c(C)cc(C)cc4s3)oc12. The summed E-state index contributed by atoms with van der Waals surface area (Å²) < 4.78 is 12.0. The van der Waals surface area contributed by atoms with Crippen LogP contribution in [0.15, 0.2) is 40.8 Å². The first kappa shape index (κ1) is 15.7. The zero-order valence-electron chi connectivity index (χ0n) is 14.0. The number of aromatic nitrogens is 1. The summed E-state index contributed by atoms with van der Waals surface area (Å²) >= 11 is 1.45. The fourth-order valence-corrected chi connectivity index (χ4v) is 3.93. The normalized spacial score (nSPS) is 11.2. The summed E-state index contributed by atoms with van der Waals surface area (Å²) in [5, 5.41) is 4.20. The van der Waals surface area contributed by atoms with Gasteiger partial charge in [0.15, 0.2) is 22.2 Å². The van der Waals surface area contributed by atoms with Crippen molar-refractivity contribution >= 4 is 43.6 Å². The summed E-state index contributed by atoms with van der Waals surface area (Å²) in [7, 11) is 1.57. The van der Waals surface area contributed by atoms with E-state index in [0.29, 0.717) is 16.5 Å². The number of rotatable bonds is 3. The number of ether oxygens (including phenoxy) is 1. The predicted molar refractivity (Wildman–Crippen MR) is 99.8 cm³/mol. The predicted octanol–water partition coefficient (Wildman–Crippen LogP) is 4.92. The zero-order chi connectivity index (χ0) is 17.6. The van der Waals surface area contributed by atoms with Gasteiger partial charge in [-0.1, -0.05) is 29.5 Å². The van der Waals surface area contributed by atoms with Crippen LogP contribution in [0.3, 0.4) is 0 Å². The molecule has 0 aliphatic heterocycles. The van der Waals surface area contributed by atoms with Crippen LogP contribution >= 0.6 is 11.3 Å². The smallest absolute Gasteiger partial charge is 0.293 e. The summed E-state index contributed by atoms with van der Waals surface area (Å²) in [5.74, 6) is 0.501. The maximum absolute atomic E-state index is 12.5. The highest BCUT2D eigenvalue weighted by atomic mass is 32.1. The average molecular weight is 352 g/mol. The van der Waals surface area contributed by atoms with E-state index in [-0.39, 0.29) is 11.7 Å². The number of para-hydroxylation sites is 1. The Hall–Kier alpha value is -2.86. The lowest BCUT2D eigenvalue weighted by Gasteiger charge is -1.99. The second-order valence-electron chi connectivity index (χ2n) is 5.89. The quantitative estimate of drug-likeness (QED) is 0.568. The largest absolute Gasteiger partial charge is 0.493 e. The lowest BCUT2D eigenvalue weighted by Crippen LogP contribution is -2.10. The van der Waals surface area contributed by atoms with E-state index in [1.54, 1.807) is 19.2 Å².